The maximum Gasteiger partial charge on any atom is -0.0240 e. The summed E-state index contributed by atoms with van der Waals surface area (Å²) >= 11 is 0. The molecule has 0 amide bonds. The fraction of sp³-hybridized carbons (Fsp3) is 1.00. The smallest absolute Gasteiger partial charge is 0.0240 e. The first-order valence-electron chi connectivity index (χ1n) is 4.18. The third kappa shape index (κ3) is 0.461. The summed E-state index contributed by atoms with van der Waals surface area (Å²) in [5.41, 5.74) is 0.861. The monoisotopic (exact) mass is 124 g/mol. The zero-order chi connectivity index (χ0) is 6.65. The zero-order valence-corrected chi connectivity index (χ0v) is 6.65. The number of hydrogen-bond donors (Lipinski definition) is 0. The van der Waals surface area contributed by atoms with Crippen LogP contribution in [0.3, 0.4) is 0 Å². The van der Waals surface area contributed by atoms with E-state index in [1.165, 1.54) is 12.8 Å². The highest BCUT2D eigenvalue weighted by atomic mass is 14.7. The van der Waals surface area contributed by atoms with E-state index < -0.39 is 0 Å². The third-order valence-electron chi connectivity index (χ3n) is 4.22. The van der Waals surface area contributed by atoms with E-state index in [4.69, 9.17) is 0 Å². The van der Waals surface area contributed by atoms with E-state index in [1.54, 1.807) is 0 Å². The van der Waals surface area contributed by atoms with Gasteiger partial charge in [0, 0.05) is 0 Å². The van der Waals surface area contributed by atoms with Crippen molar-refractivity contribution in [2.24, 2.45) is 23.2 Å². The van der Waals surface area contributed by atoms with E-state index in [9.17, 15) is 0 Å². The van der Waals surface area contributed by atoms with E-state index in [2.05, 4.69) is 20.8 Å². The molecule has 2 rings (SSSR count). The molecule has 2 aliphatic rings. The fourth-order valence-corrected chi connectivity index (χ4v) is 2.83. The largest absolute Gasteiger partial charge is 0.0620 e. The Hall–Kier alpha value is 0. The highest BCUT2D eigenvalue weighted by Crippen LogP contribution is 2.70. The van der Waals surface area contributed by atoms with Gasteiger partial charge in [0.1, 0.15) is 0 Å². The molecule has 0 N–H and O–H groups in total. The van der Waals surface area contributed by atoms with Crippen molar-refractivity contribution in [2.75, 3.05) is 0 Å². The molecule has 1 spiro atoms. The van der Waals surface area contributed by atoms with Crippen molar-refractivity contribution in [3.05, 3.63) is 0 Å². The van der Waals surface area contributed by atoms with Gasteiger partial charge in [0.25, 0.3) is 0 Å². The van der Waals surface area contributed by atoms with Crippen molar-refractivity contribution >= 4 is 0 Å². The lowest BCUT2D eigenvalue weighted by Gasteiger charge is -2.49. The lowest BCUT2D eigenvalue weighted by molar-refractivity contribution is -0.00867. The van der Waals surface area contributed by atoms with Crippen LogP contribution >= 0.6 is 0 Å². The molecular weight excluding hydrogens is 108 g/mol. The summed E-state index contributed by atoms with van der Waals surface area (Å²) < 4.78 is 0. The quantitative estimate of drug-likeness (QED) is 0.465. The molecule has 0 nitrogen and oxygen atoms in total. The minimum atomic E-state index is 0.861. The maximum atomic E-state index is 2.43. The zero-order valence-electron chi connectivity index (χ0n) is 6.65. The summed E-state index contributed by atoms with van der Waals surface area (Å²) in [7, 11) is 0. The van der Waals surface area contributed by atoms with Crippen molar-refractivity contribution in [1.29, 1.82) is 0 Å². The Morgan fingerprint density at radius 1 is 1.00 bits per heavy atom. The van der Waals surface area contributed by atoms with Gasteiger partial charge < -0.3 is 0 Å². The van der Waals surface area contributed by atoms with Crippen LogP contribution in [0, 0.1) is 23.2 Å². The molecule has 2 fully saturated rings. The van der Waals surface area contributed by atoms with Crippen LogP contribution in [-0.4, -0.2) is 0 Å². The normalized spacial score (nSPS) is 53.0. The lowest BCUT2D eigenvalue weighted by Crippen LogP contribution is -2.43. The SMILES string of the molecule is CC1C(C)C2(CC2)C1C. The van der Waals surface area contributed by atoms with Gasteiger partial charge in [-0.2, -0.15) is 0 Å². The minimum Gasteiger partial charge on any atom is -0.0620 e. The second-order valence-electron chi connectivity index (χ2n) is 4.17. The molecule has 0 bridgehead atoms. The van der Waals surface area contributed by atoms with Crippen molar-refractivity contribution < 1.29 is 0 Å². The second-order valence-corrected chi connectivity index (χ2v) is 4.17. The summed E-state index contributed by atoms with van der Waals surface area (Å²) in [6, 6.07) is 0. The minimum absolute atomic E-state index is 0.861. The third-order valence-corrected chi connectivity index (χ3v) is 4.22. The molecule has 9 heavy (non-hydrogen) atoms. The Kier molecular flexibility index (Phi) is 0.868. The van der Waals surface area contributed by atoms with Crippen LogP contribution in [-0.2, 0) is 0 Å². The van der Waals surface area contributed by atoms with E-state index in [0.29, 0.717) is 0 Å². The topological polar surface area (TPSA) is 0 Å². The Morgan fingerprint density at radius 2 is 1.44 bits per heavy atom. The van der Waals surface area contributed by atoms with Gasteiger partial charge in [0.05, 0.1) is 0 Å². The molecule has 2 aliphatic carbocycles. The van der Waals surface area contributed by atoms with E-state index >= 15 is 0 Å². The van der Waals surface area contributed by atoms with Crippen LogP contribution in [0.4, 0.5) is 0 Å². The van der Waals surface area contributed by atoms with Crippen molar-refractivity contribution in [3.63, 3.8) is 0 Å². The molecule has 52 valence electrons. The van der Waals surface area contributed by atoms with E-state index in [-0.39, 0.29) is 0 Å². The molecule has 0 heterocycles. The summed E-state index contributed by atoms with van der Waals surface area (Å²) in [6.45, 7) is 7.26. The van der Waals surface area contributed by atoms with Gasteiger partial charge >= 0.3 is 0 Å². The van der Waals surface area contributed by atoms with Crippen LogP contribution in [0.15, 0.2) is 0 Å². The Labute approximate surface area is 57.6 Å². The van der Waals surface area contributed by atoms with Gasteiger partial charge in [0.2, 0.25) is 0 Å². The average Bonchev–Trinajstić information content (AvgIpc) is 2.65. The van der Waals surface area contributed by atoms with Crippen LogP contribution in [0.2, 0.25) is 0 Å². The average molecular weight is 124 g/mol. The van der Waals surface area contributed by atoms with Gasteiger partial charge in [-0.25, -0.2) is 0 Å². The number of rotatable bonds is 0. The molecule has 2 atom stereocenters. The van der Waals surface area contributed by atoms with Gasteiger partial charge in [-0.15, -0.1) is 0 Å². The molecular formula is C9H16. The molecule has 0 heteroatoms. The van der Waals surface area contributed by atoms with Gasteiger partial charge in [0.15, 0.2) is 0 Å². The van der Waals surface area contributed by atoms with Crippen molar-refractivity contribution in [1.82, 2.24) is 0 Å². The molecule has 0 aromatic carbocycles. The molecule has 0 aromatic rings. The summed E-state index contributed by atoms with van der Waals surface area (Å²) in [5, 5.41) is 0. The lowest BCUT2D eigenvalue weighted by atomic mass is 9.56. The summed E-state index contributed by atoms with van der Waals surface area (Å²) in [5.74, 6) is 3.08. The first kappa shape index (κ1) is 5.76. The van der Waals surface area contributed by atoms with Crippen LogP contribution in [0.25, 0.3) is 0 Å². The molecule has 0 aromatic heterocycles. The highest BCUT2D eigenvalue weighted by Gasteiger charge is 2.62. The predicted molar refractivity (Wildman–Crippen MR) is 39.2 cm³/mol. The molecule has 2 saturated carbocycles. The van der Waals surface area contributed by atoms with Crippen LogP contribution in [0.5, 0.6) is 0 Å². The molecule has 2 unspecified atom stereocenters. The van der Waals surface area contributed by atoms with E-state index in [0.717, 1.165) is 23.2 Å². The van der Waals surface area contributed by atoms with Crippen LogP contribution < -0.4 is 0 Å². The van der Waals surface area contributed by atoms with E-state index in [1.807, 2.05) is 0 Å². The fourth-order valence-electron chi connectivity index (χ4n) is 2.83. The van der Waals surface area contributed by atoms with Gasteiger partial charge in [-0.05, 0) is 36.0 Å². The van der Waals surface area contributed by atoms with Crippen LogP contribution in [0.1, 0.15) is 33.6 Å². The molecule has 0 saturated heterocycles. The van der Waals surface area contributed by atoms with Crippen molar-refractivity contribution in [2.45, 2.75) is 33.6 Å². The molecule has 0 radical (unpaired) electrons. The summed E-state index contributed by atoms with van der Waals surface area (Å²) in [4.78, 5) is 0. The Bertz CT molecular complexity index is 121. The second kappa shape index (κ2) is 1.36. The van der Waals surface area contributed by atoms with Gasteiger partial charge in [-0.1, -0.05) is 20.8 Å². The Morgan fingerprint density at radius 3 is 1.67 bits per heavy atom. The number of hydrogen-bond acceptors (Lipinski definition) is 0. The standard InChI is InChI=1S/C9H16/c1-6-7(2)9(4-5-9)8(6)3/h6-8H,4-5H2,1-3H3. The van der Waals surface area contributed by atoms with Crippen molar-refractivity contribution in [3.8, 4) is 0 Å². The van der Waals surface area contributed by atoms with Gasteiger partial charge in [-0.3, -0.25) is 0 Å². The summed E-state index contributed by atoms with van der Waals surface area (Å²) in [6.07, 6.45) is 3.05. The highest BCUT2D eigenvalue weighted by molar-refractivity contribution is 5.11. The maximum absolute atomic E-state index is 2.43. The molecule has 0 aliphatic heterocycles. The predicted octanol–water partition coefficient (Wildman–Crippen LogP) is 2.69. The first-order chi connectivity index (χ1) is 4.18. The Balaban J connectivity index is 2.13. The first-order valence-corrected chi connectivity index (χ1v) is 4.18.